The molecule has 45 heavy (non-hydrogen) atoms. The Morgan fingerprint density at radius 1 is 1.02 bits per heavy atom. The van der Waals surface area contributed by atoms with Crippen molar-refractivity contribution in [3.63, 3.8) is 0 Å². The van der Waals surface area contributed by atoms with Gasteiger partial charge in [-0.3, -0.25) is 10.2 Å². The Morgan fingerprint density at radius 2 is 1.76 bits per heavy atom. The van der Waals surface area contributed by atoms with Gasteiger partial charge in [-0.2, -0.15) is 0 Å². The molecule has 1 amide bonds. The van der Waals surface area contributed by atoms with E-state index in [1.54, 1.807) is 66.7 Å². The Kier molecular flexibility index (Phi) is 10.4. The van der Waals surface area contributed by atoms with Crippen LogP contribution in [0, 0.1) is 5.82 Å². The first-order chi connectivity index (χ1) is 22.0. The average molecular weight is 609 g/mol. The van der Waals surface area contributed by atoms with Gasteiger partial charge in [-0.25, -0.2) is 14.8 Å². The molecule has 1 aliphatic rings. The molecule has 1 aliphatic heterocycles. The topological polar surface area (TPSA) is 141 Å². The second-order valence-electron chi connectivity index (χ2n) is 10.4. The van der Waals surface area contributed by atoms with Crippen LogP contribution in [0.1, 0.15) is 34.8 Å². The molecule has 0 unspecified atom stereocenters. The number of nitrogens with zero attached hydrogens (tertiary/aromatic N) is 4. The zero-order valence-corrected chi connectivity index (χ0v) is 24.5. The van der Waals surface area contributed by atoms with E-state index in [4.69, 9.17) is 19.6 Å². The van der Waals surface area contributed by atoms with Gasteiger partial charge in [0.15, 0.2) is 11.6 Å². The van der Waals surface area contributed by atoms with E-state index in [9.17, 15) is 14.7 Å². The van der Waals surface area contributed by atoms with Gasteiger partial charge in [0.25, 0.3) is 5.91 Å². The summed E-state index contributed by atoms with van der Waals surface area (Å²) >= 11 is 0. The van der Waals surface area contributed by atoms with Crippen LogP contribution in [0.15, 0.2) is 113 Å². The molecule has 11 heteroatoms. The number of halogens is 1. The number of aliphatic imine (C=N–C) groups is 1. The van der Waals surface area contributed by atoms with E-state index >= 15 is 0 Å². The largest absolute Gasteiger partial charge is 0.494 e. The van der Waals surface area contributed by atoms with Gasteiger partial charge in [0.05, 0.1) is 6.61 Å². The van der Waals surface area contributed by atoms with Crippen molar-refractivity contribution >= 4 is 17.5 Å². The summed E-state index contributed by atoms with van der Waals surface area (Å²) in [5.41, 5.74) is 16.3. The number of hydrogen-bond acceptors (Lipinski definition) is 7. The van der Waals surface area contributed by atoms with Gasteiger partial charge in [-0.15, -0.1) is 0 Å². The molecule has 0 aliphatic carbocycles. The minimum atomic E-state index is -1.53. The molecular formula is C34H33FN6O4. The van der Waals surface area contributed by atoms with E-state index in [0.717, 1.165) is 5.56 Å². The van der Waals surface area contributed by atoms with Crippen molar-refractivity contribution in [1.29, 1.82) is 0 Å². The van der Waals surface area contributed by atoms with Crippen LogP contribution in [0.25, 0.3) is 10.4 Å². The molecule has 5 rings (SSSR count). The van der Waals surface area contributed by atoms with Gasteiger partial charge in [-0.05, 0) is 53.4 Å². The van der Waals surface area contributed by atoms with Crippen LogP contribution in [-0.4, -0.2) is 42.2 Å². The second-order valence-corrected chi connectivity index (χ2v) is 10.4. The summed E-state index contributed by atoms with van der Waals surface area (Å²) in [6.07, 6.45) is 0.0492. The number of rotatable bonds is 14. The number of amides is 1. The first-order valence-electron chi connectivity index (χ1n) is 14.6. The molecule has 0 fully saturated rings. The summed E-state index contributed by atoms with van der Waals surface area (Å²) in [7, 11) is 0. The quantitative estimate of drug-likeness (QED) is 0.0538. The normalized spacial score (nSPS) is 17.1. The van der Waals surface area contributed by atoms with Gasteiger partial charge in [0, 0.05) is 47.7 Å². The molecule has 10 nitrogen and oxygen atoms in total. The SMILES string of the molecule is [N-]=[N+]=Nc1ccccc1[C@@H]1OC(c2ccc(OCCCO)cc2)=N[C@]1(Cc1ccccc1)C(=O)NNCCc1ccccc1F. The lowest BCUT2D eigenvalue weighted by Gasteiger charge is -2.31. The van der Waals surface area contributed by atoms with Crippen LogP contribution < -0.4 is 15.6 Å². The standard InChI is InChI=1S/C34H33FN6O4/c35-29-13-6-4-11-25(29)19-20-37-40-33(43)34(23-24-9-2-1-3-10-24)31(28-12-5-7-14-30(28)39-41-36)45-32(38-34)26-15-17-27(18-16-26)44-22-8-21-42/h1-7,9-18,31,37,42H,8,19-23H2,(H,40,43)/t31-,34-/m0/s1. The van der Waals surface area contributed by atoms with Crippen LogP contribution >= 0.6 is 0 Å². The minimum Gasteiger partial charge on any atom is -0.494 e. The van der Waals surface area contributed by atoms with Crippen molar-refractivity contribution in [2.45, 2.75) is 30.9 Å². The van der Waals surface area contributed by atoms with Gasteiger partial charge in [0.2, 0.25) is 5.90 Å². The molecule has 0 radical (unpaired) electrons. The summed E-state index contributed by atoms with van der Waals surface area (Å²) in [6, 6.07) is 30.0. The molecule has 0 aromatic heterocycles. The molecule has 4 aromatic carbocycles. The Labute approximate surface area is 260 Å². The van der Waals surface area contributed by atoms with Crippen molar-refractivity contribution in [1.82, 2.24) is 10.9 Å². The van der Waals surface area contributed by atoms with Crippen molar-refractivity contribution in [2.75, 3.05) is 19.8 Å². The third kappa shape index (κ3) is 7.47. The highest BCUT2D eigenvalue weighted by atomic mass is 19.1. The summed E-state index contributed by atoms with van der Waals surface area (Å²) in [5, 5.41) is 12.9. The van der Waals surface area contributed by atoms with E-state index in [1.807, 2.05) is 30.3 Å². The van der Waals surface area contributed by atoms with E-state index in [2.05, 4.69) is 20.9 Å². The van der Waals surface area contributed by atoms with Crippen LogP contribution in [0.4, 0.5) is 10.1 Å². The Hall–Kier alpha value is -5.22. The van der Waals surface area contributed by atoms with Crippen LogP contribution in [0.2, 0.25) is 0 Å². The minimum absolute atomic E-state index is 0.0327. The smallest absolute Gasteiger partial charge is 0.266 e. The average Bonchev–Trinajstić information content (AvgIpc) is 3.45. The molecule has 1 heterocycles. The zero-order chi connectivity index (χ0) is 31.5. The number of hydrogen-bond donors (Lipinski definition) is 3. The Balaban J connectivity index is 1.51. The summed E-state index contributed by atoms with van der Waals surface area (Å²) in [4.78, 5) is 22.3. The van der Waals surface area contributed by atoms with Crippen LogP contribution in [0.5, 0.6) is 5.75 Å². The number of benzene rings is 4. The molecule has 3 N–H and O–H groups in total. The predicted molar refractivity (Wildman–Crippen MR) is 168 cm³/mol. The van der Waals surface area contributed by atoms with E-state index in [0.29, 0.717) is 47.6 Å². The number of carbonyl (C=O) groups excluding carboxylic acids is 1. The van der Waals surface area contributed by atoms with E-state index < -0.39 is 17.6 Å². The lowest BCUT2D eigenvalue weighted by Crippen LogP contribution is -2.54. The number of carbonyl (C=O) groups is 1. The maximum Gasteiger partial charge on any atom is 0.266 e. The van der Waals surface area contributed by atoms with Crippen LogP contribution in [0.3, 0.4) is 0 Å². The molecule has 2 atom stereocenters. The van der Waals surface area contributed by atoms with Crippen molar-refractivity contribution < 1.29 is 23.8 Å². The summed E-state index contributed by atoms with van der Waals surface area (Å²) in [6.45, 7) is 0.671. The lowest BCUT2D eigenvalue weighted by molar-refractivity contribution is -0.130. The highest BCUT2D eigenvalue weighted by Crippen LogP contribution is 2.45. The lowest BCUT2D eigenvalue weighted by atomic mass is 9.81. The fourth-order valence-electron chi connectivity index (χ4n) is 5.16. The summed E-state index contributed by atoms with van der Waals surface area (Å²) < 4.78 is 26.3. The zero-order valence-electron chi connectivity index (χ0n) is 24.5. The van der Waals surface area contributed by atoms with Gasteiger partial charge in [-0.1, -0.05) is 77.9 Å². The van der Waals surface area contributed by atoms with Crippen molar-refractivity contribution in [2.24, 2.45) is 10.1 Å². The first kappa shape index (κ1) is 31.2. The Morgan fingerprint density at radius 3 is 2.51 bits per heavy atom. The third-order valence-corrected chi connectivity index (χ3v) is 7.40. The molecule has 0 spiro atoms. The third-order valence-electron chi connectivity index (χ3n) is 7.40. The fourth-order valence-corrected chi connectivity index (χ4v) is 5.16. The fraction of sp³-hybridized carbons (Fsp3) is 0.235. The van der Waals surface area contributed by atoms with E-state index in [-0.39, 0.29) is 31.3 Å². The number of nitrogens with one attached hydrogen (secondary N) is 2. The first-order valence-corrected chi connectivity index (χ1v) is 14.6. The van der Waals surface area contributed by atoms with Gasteiger partial charge in [0.1, 0.15) is 11.6 Å². The van der Waals surface area contributed by atoms with Gasteiger partial charge < -0.3 is 14.6 Å². The monoisotopic (exact) mass is 608 g/mol. The van der Waals surface area contributed by atoms with Crippen molar-refractivity contribution in [3.8, 4) is 5.75 Å². The number of ether oxygens (including phenoxy) is 2. The predicted octanol–water partition coefficient (Wildman–Crippen LogP) is 5.89. The number of azide groups is 1. The maximum absolute atomic E-state index is 14.3. The maximum atomic E-state index is 14.3. The molecule has 230 valence electrons. The highest BCUT2D eigenvalue weighted by Gasteiger charge is 2.54. The van der Waals surface area contributed by atoms with Crippen molar-refractivity contribution in [3.05, 3.63) is 142 Å². The van der Waals surface area contributed by atoms with Crippen LogP contribution in [-0.2, 0) is 22.4 Å². The number of aliphatic hydroxyl groups is 1. The van der Waals surface area contributed by atoms with Gasteiger partial charge >= 0.3 is 0 Å². The molecule has 0 bridgehead atoms. The second kappa shape index (κ2) is 15.0. The number of aliphatic hydroxyl groups excluding tert-OH is 1. The summed E-state index contributed by atoms with van der Waals surface area (Å²) in [5.74, 6) is 0.0576. The molecular weight excluding hydrogens is 575 g/mol. The molecule has 4 aromatic rings. The highest BCUT2D eigenvalue weighted by molar-refractivity contribution is 6.01. The van der Waals surface area contributed by atoms with E-state index in [1.165, 1.54) is 6.07 Å². The number of hydrazine groups is 1. The molecule has 0 saturated carbocycles. The Bertz CT molecular complexity index is 1680. The molecule has 0 saturated heterocycles.